The average Bonchev–Trinajstić information content (AvgIpc) is 2.97. The molecule has 2 unspecified atom stereocenters. The number of rotatable bonds is 5. The second kappa shape index (κ2) is 6.36. The zero-order valence-electron chi connectivity index (χ0n) is 10.8. The number of nitrogens with zero attached hydrogens (tertiary/aromatic N) is 1. The van der Waals surface area contributed by atoms with Crippen molar-refractivity contribution in [2.24, 2.45) is 11.8 Å². The Morgan fingerprint density at radius 1 is 1.41 bits per heavy atom. The minimum absolute atomic E-state index is 0.327. The largest absolute Gasteiger partial charge is 0.381 e. The summed E-state index contributed by atoms with van der Waals surface area (Å²) in [4.78, 5) is 14.2. The van der Waals surface area contributed by atoms with Crippen molar-refractivity contribution in [2.45, 2.75) is 26.2 Å². The molecule has 0 radical (unpaired) electrons. The van der Waals surface area contributed by atoms with Crippen molar-refractivity contribution in [3.8, 4) is 0 Å². The number of hydrogen-bond donors (Lipinski definition) is 1. The normalized spacial score (nSPS) is 28.5. The second-order valence-electron chi connectivity index (χ2n) is 5.22. The molecule has 0 spiro atoms. The molecule has 0 aliphatic carbocycles. The fraction of sp³-hybridized carbons (Fsp3) is 0.923. The molecule has 0 aromatic carbocycles. The highest BCUT2D eigenvalue weighted by molar-refractivity contribution is 5.76. The molecule has 2 saturated heterocycles. The third kappa shape index (κ3) is 3.68. The van der Waals surface area contributed by atoms with Crippen molar-refractivity contribution in [2.75, 3.05) is 39.4 Å². The third-order valence-corrected chi connectivity index (χ3v) is 3.86. The van der Waals surface area contributed by atoms with E-state index in [1.807, 2.05) is 4.90 Å². The molecule has 4 heteroatoms. The highest BCUT2D eigenvalue weighted by Gasteiger charge is 2.24. The minimum Gasteiger partial charge on any atom is -0.381 e. The van der Waals surface area contributed by atoms with Gasteiger partial charge in [0.25, 0.3) is 0 Å². The van der Waals surface area contributed by atoms with Gasteiger partial charge in [0.05, 0.1) is 6.61 Å². The van der Waals surface area contributed by atoms with Crippen molar-refractivity contribution >= 4 is 5.91 Å². The summed E-state index contributed by atoms with van der Waals surface area (Å²) in [5.41, 5.74) is 0. The molecule has 2 aliphatic heterocycles. The highest BCUT2D eigenvalue weighted by atomic mass is 16.5. The molecule has 1 N–H and O–H groups in total. The van der Waals surface area contributed by atoms with Crippen LogP contribution in [0.1, 0.15) is 26.2 Å². The number of hydrogen-bond acceptors (Lipinski definition) is 3. The van der Waals surface area contributed by atoms with E-state index in [0.29, 0.717) is 24.2 Å². The van der Waals surface area contributed by atoms with Gasteiger partial charge >= 0.3 is 0 Å². The van der Waals surface area contributed by atoms with Gasteiger partial charge in [0.1, 0.15) is 0 Å². The first-order valence-electron chi connectivity index (χ1n) is 6.85. The van der Waals surface area contributed by atoms with Gasteiger partial charge in [-0.3, -0.25) is 4.79 Å². The maximum Gasteiger partial charge on any atom is 0.222 e. The fourth-order valence-corrected chi connectivity index (χ4v) is 2.71. The molecule has 4 nitrogen and oxygen atoms in total. The monoisotopic (exact) mass is 240 g/mol. The van der Waals surface area contributed by atoms with E-state index in [0.717, 1.165) is 52.2 Å². The Hall–Kier alpha value is -0.610. The van der Waals surface area contributed by atoms with Gasteiger partial charge in [0, 0.05) is 32.0 Å². The molecule has 0 bridgehead atoms. The van der Waals surface area contributed by atoms with Crippen LogP contribution in [0.2, 0.25) is 0 Å². The minimum atomic E-state index is 0.327. The molecular formula is C13H24N2O2. The van der Waals surface area contributed by atoms with E-state index < -0.39 is 0 Å². The number of amides is 1. The standard InChI is InChI=1S/C13H24N2O2/c1-2-15(9-12-4-6-17-10-12)13(16)7-11-3-5-14-8-11/h11-12,14H,2-10H2,1H3. The van der Waals surface area contributed by atoms with Crippen molar-refractivity contribution in [1.82, 2.24) is 10.2 Å². The number of ether oxygens (including phenoxy) is 1. The van der Waals surface area contributed by atoms with E-state index >= 15 is 0 Å². The van der Waals surface area contributed by atoms with Gasteiger partial charge in [-0.1, -0.05) is 0 Å². The predicted molar refractivity (Wildman–Crippen MR) is 66.8 cm³/mol. The lowest BCUT2D eigenvalue weighted by Gasteiger charge is -2.25. The predicted octanol–water partition coefficient (Wildman–Crippen LogP) is 0.871. The van der Waals surface area contributed by atoms with Gasteiger partial charge in [-0.2, -0.15) is 0 Å². The molecular weight excluding hydrogens is 216 g/mol. The Kier molecular flexibility index (Phi) is 4.80. The Balaban J connectivity index is 1.77. The summed E-state index contributed by atoms with van der Waals surface area (Å²) in [7, 11) is 0. The maximum absolute atomic E-state index is 12.2. The van der Waals surface area contributed by atoms with Crippen molar-refractivity contribution < 1.29 is 9.53 Å². The molecule has 1 amide bonds. The summed E-state index contributed by atoms with van der Waals surface area (Å²) in [5.74, 6) is 1.44. The van der Waals surface area contributed by atoms with Gasteiger partial charge in [-0.15, -0.1) is 0 Å². The summed E-state index contributed by atoms with van der Waals surface area (Å²) in [6, 6.07) is 0. The molecule has 2 heterocycles. The quantitative estimate of drug-likeness (QED) is 0.775. The Morgan fingerprint density at radius 2 is 2.29 bits per heavy atom. The molecule has 17 heavy (non-hydrogen) atoms. The topological polar surface area (TPSA) is 41.6 Å². The van der Waals surface area contributed by atoms with Crippen LogP contribution in [0.25, 0.3) is 0 Å². The smallest absolute Gasteiger partial charge is 0.222 e. The lowest BCUT2D eigenvalue weighted by molar-refractivity contribution is -0.132. The van der Waals surface area contributed by atoms with Crippen molar-refractivity contribution in [3.05, 3.63) is 0 Å². The molecule has 2 rings (SSSR count). The molecule has 2 fully saturated rings. The lowest BCUT2D eigenvalue weighted by Crippen LogP contribution is -2.36. The first kappa shape index (κ1) is 12.8. The van der Waals surface area contributed by atoms with Crippen LogP contribution in [0.3, 0.4) is 0 Å². The Labute approximate surface area is 104 Å². The summed E-state index contributed by atoms with van der Waals surface area (Å²) in [6.07, 6.45) is 2.97. The van der Waals surface area contributed by atoms with E-state index in [4.69, 9.17) is 4.74 Å². The van der Waals surface area contributed by atoms with E-state index in [1.165, 1.54) is 0 Å². The van der Waals surface area contributed by atoms with Gasteiger partial charge in [0.2, 0.25) is 5.91 Å². The zero-order chi connectivity index (χ0) is 12.1. The fourth-order valence-electron chi connectivity index (χ4n) is 2.71. The molecule has 98 valence electrons. The highest BCUT2D eigenvalue weighted by Crippen LogP contribution is 2.17. The van der Waals surface area contributed by atoms with Gasteiger partial charge in [-0.25, -0.2) is 0 Å². The van der Waals surface area contributed by atoms with Crippen molar-refractivity contribution in [3.63, 3.8) is 0 Å². The first-order chi connectivity index (χ1) is 8.29. The summed E-state index contributed by atoms with van der Waals surface area (Å²) < 4.78 is 5.37. The van der Waals surface area contributed by atoms with E-state index in [9.17, 15) is 4.79 Å². The summed E-state index contributed by atoms with van der Waals surface area (Å²) in [5, 5.41) is 3.32. The molecule has 0 aromatic heterocycles. The molecule has 0 aromatic rings. The lowest BCUT2D eigenvalue weighted by atomic mass is 10.0. The maximum atomic E-state index is 12.2. The first-order valence-corrected chi connectivity index (χ1v) is 6.85. The van der Waals surface area contributed by atoms with Gasteiger partial charge < -0.3 is 15.0 Å². The Bertz CT molecular complexity index is 246. The van der Waals surface area contributed by atoms with Crippen LogP contribution < -0.4 is 5.32 Å². The van der Waals surface area contributed by atoms with Gasteiger partial charge in [-0.05, 0) is 38.8 Å². The van der Waals surface area contributed by atoms with Crippen LogP contribution in [0, 0.1) is 11.8 Å². The van der Waals surface area contributed by atoms with Crippen LogP contribution in [0.4, 0.5) is 0 Å². The second-order valence-corrected chi connectivity index (χ2v) is 5.22. The van der Waals surface area contributed by atoms with E-state index in [-0.39, 0.29) is 0 Å². The van der Waals surface area contributed by atoms with Crippen LogP contribution in [0.15, 0.2) is 0 Å². The zero-order valence-corrected chi connectivity index (χ0v) is 10.8. The van der Waals surface area contributed by atoms with E-state index in [1.54, 1.807) is 0 Å². The van der Waals surface area contributed by atoms with Crippen molar-refractivity contribution in [1.29, 1.82) is 0 Å². The van der Waals surface area contributed by atoms with Crippen LogP contribution in [-0.2, 0) is 9.53 Å². The van der Waals surface area contributed by atoms with Gasteiger partial charge in [0.15, 0.2) is 0 Å². The summed E-state index contributed by atoms with van der Waals surface area (Å²) >= 11 is 0. The number of nitrogens with one attached hydrogen (secondary N) is 1. The number of carbonyl (C=O) groups excluding carboxylic acids is 1. The number of carbonyl (C=O) groups is 1. The van der Waals surface area contributed by atoms with Crippen LogP contribution in [0.5, 0.6) is 0 Å². The third-order valence-electron chi connectivity index (χ3n) is 3.86. The van der Waals surface area contributed by atoms with E-state index in [2.05, 4.69) is 12.2 Å². The molecule has 2 aliphatic rings. The SMILES string of the molecule is CCN(CC1CCOC1)C(=O)CC1CCNC1. The Morgan fingerprint density at radius 3 is 2.88 bits per heavy atom. The molecule has 2 atom stereocenters. The summed E-state index contributed by atoms with van der Waals surface area (Å²) in [6.45, 7) is 7.56. The van der Waals surface area contributed by atoms with Crippen LogP contribution >= 0.6 is 0 Å². The van der Waals surface area contributed by atoms with Crippen LogP contribution in [-0.4, -0.2) is 50.2 Å². The molecule has 0 saturated carbocycles. The average molecular weight is 240 g/mol.